The highest BCUT2D eigenvalue weighted by Gasteiger charge is 2.15. The number of rotatable bonds is 7. The van der Waals surface area contributed by atoms with Gasteiger partial charge >= 0.3 is 0 Å². The zero-order chi connectivity index (χ0) is 15.1. The average Bonchev–Trinajstić information content (AvgIpc) is 2.54. The highest BCUT2D eigenvalue weighted by molar-refractivity contribution is 5.44. The van der Waals surface area contributed by atoms with E-state index in [0.29, 0.717) is 29.4 Å². The summed E-state index contributed by atoms with van der Waals surface area (Å²) in [7, 11) is 0. The summed E-state index contributed by atoms with van der Waals surface area (Å²) in [5.74, 6) is 1.08. The maximum Gasteiger partial charge on any atom is 0.161 e. The fourth-order valence-corrected chi connectivity index (χ4v) is 1.95. The zero-order valence-electron chi connectivity index (χ0n) is 11.9. The van der Waals surface area contributed by atoms with Gasteiger partial charge in [0.05, 0.1) is 18.9 Å². The molecule has 0 aliphatic heterocycles. The molecule has 0 saturated carbocycles. The molecule has 5 nitrogen and oxygen atoms in total. The minimum Gasteiger partial charge on any atom is -0.490 e. The van der Waals surface area contributed by atoms with Crippen molar-refractivity contribution in [1.82, 2.24) is 4.98 Å². The van der Waals surface area contributed by atoms with E-state index >= 15 is 0 Å². The normalized spacial score (nSPS) is 12.0. The van der Waals surface area contributed by atoms with Crippen LogP contribution in [0.4, 0.5) is 0 Å². The van der Waals surface area contributed by atoms with Crippen LogP contribution in [0.15, 0.2) is 42.6 Å². The van der Waals surface area contributed by atoms with Crippen LogP contribution in [0.5, 0.6) is 11.5 Å². The second-order valence-electron chi connectivity index (χ2n) is 4.37. The van der Waals surface area contributed by atoms with Crippen molar-refractivity contribution < 1.29 is 19.7 Å². The Bertz CT molecular complexity index is 559. The molecule has 0 unspecified atom stereocenters. The molecule has 0 aliphatic rings. The molecule has 1 aromatic carbocycles. The Labute approximate surface area is 123 Å². The minimum absolute atomic E-state index is 0.0656. The van der Waals surface area contributed by atoms with Gasteiger partial charge in [-0.3, -0.25) is 4.98 Å². The topological polar surface area (TPSA) is 71.8 Å². The van der Waals surface area contributed by atoms with E-state index in [1.165, 1.54) is 0 Å². The Morgan fingerprint density at radius 2 is 2.00 bits per heavy atom. The van der Waals surface area contributed by atoms with Crippen molar-refractivity contribution >= 4 is 0 Å². The van der Waals surface area contributed by atoms with E-state index in [0.717, 1.165) is 0 Å². The maximum absolute atomic E-state index is 10.4. The number of hydrogen-bond acceptors (Lipinski definition) is 5. The SMILES string of the molecule is CCOc1cc([C@@H](O)c2ccccn2)ccc1OCCO. The fraction of sp³-hybridized carbons (Fsp3) is 0.312. The summed E-state index contributed by atoms with van der Waals surface area (Å²) in [5, 5.41) is 19.2. The number of ether oxygens (including phenoxy) is 2. The standard InChI is InChI=1S/C16H19NO4/c1-2-20-15-11-12(6-7-14(15)21-10-9-18)16(19)13-5-3-4-8-17-13/h3-8,11,16,18-19H,2,9-10H2,1H3/t16-/m1/s1. The summed E-state index contributed by atoms with van der Waals surface area (Å²) in [6.07, 6.45) is 0.818. The van der Waals surface area contributed by atoms with Gasteiger partial charge in [0.15, 0.2) is 11.5 Å². The van der Waals surface area contributed by atoms with E-state index in [-0.39, 0.29) is 13.2 Å². The third-order valence-corrected chi connectivity index (χ3v) is 2.90. The molecule has 0 aliphatic carbocycles. The molecule has 0 amide bonds. The van der Waals surface area contributed by atoms with Gasteiger partial charge in [0.2, 0.25) is 0 Å². The Morgan fingerprint density at radius 3 is 2.67 bits per heavy atom. The number of hydrogen-bond donors (Lipinski definition) is 2. The Morgan fingerprint density at radius 1 is 1.14 bits per heavy atom. The van der Waals surface area contributed by atoms with Crippen molar-refractivity contribution in [2.24, 2.45) is 0 Å². The van der Waals surface area contributed by atoms with E-state index in [4.69, 9.17) is 14.6 Å². The van der Waals surface area contributed by atoms with Crippen LogP contribution < -0.4 is 9.47 Å². The van der Waals surface area contributed by atoms with Gasteiger partial charge in [-0.2, -0.15) is 0 Å². The molecule has 2 N–H and O–H groups in total. The fourth-order valence-electron chi connectivity index (χ4n) is 1.95. The molecule has 2 aromatic rings. The first kappa shape index (κ1) is 15.3. The lowest BCUT2D eigenvalue weighted by molar-refractivity contribution is 0.193. The van der Waals surface area contributed by atoms with Gasteiger partial charge in [-0.05, 0) is 36.8 Å². The summed E-state index contributed by atoms with van der Waals surface area (Å²) >= 11 is 0. The Kier molecular flexibility index (Phi) is 5.54. The van der Waals surface area contributed by atoms with Crippen LogP contribution in [0, 0.1) is 0 Å². The van der Waals surface area contributed by atoms with Gasteiger partial charge in [0, 0.05) is 6.20 Å². The summed E-state index contributed by atoms with van der Waals surface area (Å²) in [6, 6.07) is 10.6. The van der Waals surface area contributed by atoms with Crippen molar-refractivity contribution in [2.45, 2.75) is 13.0 Å². The average molecular weight is 289 g/mol. The number of aliphatic hydroxyl groups excluding tert-OH is 2. The lowest BCUT2D eigenvalue weighted by atomic mass is 10.1. The van der Waals surface area contributed by atoms with Crippen molar-refractivity contribution in [1.29, 1.82) is 0 Å². The first-order valence-corrected chi connectivity index (χ1v) is 6.85. The number of benzene rings is 1. The van der Waals surface area contributed by atoms with Crippen LogP contribution in [0.3, 0.4) is 0 Å². The van der Waals surface area contributed by atoms with Crippen LogP contribution >= 0.6 is 0 Å². The molecular formula is C16H19NO4. The Balaban J connectivity index is 2.26. The van der Waals surface area contributed by atoms with Crippen molar-refractivity contribution in [3.8, 4) is 11.5 Å². The third-order valence-electron chi connectivity index (χ3n) is 2.90. The molecule has 1 aromatic heterocycles. The van der Waals surface area contributed by atoms with Gasteiger partial charge in [-0.1, -0.05) is 12.1 Å². The van der Waals surface area contributed by atoms with Gasteiger partial charge < -0.3 is 19.7 Å². The third kappa shape index (κ3) is 3.93. The minimum atomic E-state index is -0.822. The molecule has 0 radical (unpaired) electrons. The van der Waals surface area contributed by atoms with Crippen LogP contribution in [0.2, 0.25) is 0 Å². The number of nitrogens with zero attached hydrogens (tertiary/aromatic N) is 1. The van der Waals surface area contributed by atoms with Gasteiger partial charge in [-0.15, -0.1) is 0 Å². The molecule has 112 valence electrons. The summed E-state index contributed by atoms with van der Waals surface area (Å²) < 4.78 is 10.9. The van der Waals surface area contributed by atoms with Gasteiger partial charge in [-0.25, -0.2) is 0 Å². The second-order valence-corrected chi connectivity index (χ2v) is 4.37. The molecule has 2 rings (SSSR count). The van der Waals surface area contributed by atoms with Crippen LogP contribution in [-0.4, -0.2) is 35.0 Å². The largest absolute Gasteiger partial charge is 0.490 e. The first-order valence-electron chi connectivity index (χ1n) is 6.85. The molecule has 1 heterocycles. The summed E-state index contributed by atoms with van der Waals surface area (Å²) in [5.41, 5.74) is 1.25. The van der Waals surface area contributed by atoms with E-state index in [2.05, 4.69) is 4.98 Å². The lowest BCUT2D eigenvalue weighted by Gasteiger charge is -2.15. The summed E-state index contributed by atoms with van der Waals surface area (Å²) in [6.45, 7) is 2.49. The second kappa shape index (κ2) is 7.61. The van der Waals surface area contributed by atoms with Crippen LogP contribution in [0.25, 0.3) is 0 Å². The number of aromatic nitrogens is 1. The molecule has 0 fully saturated rings. The first-order chi connectivity index (χ1) is 10.3. The predicted molar refractivity (Wildman–Crippen MR) is 78.5 cm³/mol. The van der Waals surface area contributed by atoms with E-state index < -0.39 is 6.10 Å². The molecule has 21 heavy (non-hydrogen) atoms. The van der Waals surface area contributed by atoms with Crippen LogP contribution in [-0.2, 0) is 0 Å². The monoisotopic (exact) mass is 289 g/mol. The van der Waals surface area contributed by atoms with E-state index in [1.807, 2.05) is 13.0 Å². The highest BCUT2D eigenvalue weighted by Crippen LogP contribution is 2.32. The number of aliphatic hydroxyl groups is 2. The van der Waals surface area contributed by atoms with Crippen molar-refractivity contribution in [2.75, 3.05) is 19.8 Å². The van der Waals surface area contributed by atoms with Gasteiger partial charge in [0.25, 0.3) is 0 Å². The van der Waals surface area contributed by atoms with Crippen molar-refractivity contribution in [3.63, 3.8) is 0 Å². The predicted octanol–water partition coefficient (Wildman–Crippen LogP) is 1.93. The van der Waals surface area contributed by atoms with Gasteiger partial charge in [0.1, 0.15) is 12.7 Å². The van der Waals surface area contributed by atoms with Crippen molar-refractivity contribution in [3.05, 3.63) is 53.9 Å². The molecular weight excluding hydrogens is 270 g/mol. The molecule has 0 bridgehead atoms. The molecule has 0 saturated heterocycles. The Hall–Kier alpha value is -2.11. The lowest BCUT2D eigenvalue weighted by Crippen LogP contribution is -2.06. The van der Waals surface area contributed by atoms with E-state index in [9.17, 15) is 5.11 Å². The molecule has 1 atom stereocenters. The summed E-state index contributed by atoms with van der Waals surface area (Å²) in [4.78, 5) is 4.15. The molecule has 5 heteroatoms. The maximum atomic E-state index is 10.4. The number of pyridine rings is 1. The van der Waals surface area contributed by atoms with E-state index in [1.54, 1.807) is 36.5 Å². The smallest absolute Gasteiger partial charge is 0.161 e. The highest BCUT2D eigenvalue weighted by atomic mass is 16.5. The quantitative estimate of drug-likeness (QED) is 0.815. The molecule has 0 spiro atoms. The van der Waals surface area contributed by atoms with Crippen LogP contribution in [0.1, 0.15) is 24.3 Å². The zero-order valence-corrected chi connectivity index (χ0v) is 11.9.